The van der Waals surface area contributed by atoms with Crippen LogP contribution < -0.4 is 0 Å². The normalized spacial score (nSPS) is 12.3. The molecule has 0 saturated carbocycles. The molecule has 2 nitrogen and oxygen atoms in total. The molecule has 0 heterocycles. The van der Waals surface area contributed by atoms with Crippen molar-refractivity contribution in [1.82, 2.24) is 0 Å². The first-order valence-electron chi connectivity index (χ1n) is 8.95. The topological polar surface area (TPSA) is 26.3 Å². The molecule has 0 aliphatic carbocycles. The van der Waals surface area contributed by atoms with E-state index in [4.69, 9.17) is 4.74 Å². The van der Waals surface area contributed by atoms with Gasteiger partial charge in [0.15, 0.2) is 0 Å². The zero-order chi connectivity index (χ0) is 18.5. The Kier molecular flexibility index (Phi) is 12.0. The van der Waals surface area contributed by atoms with Crippen LogP contribution in [0.5, 0.6) is 0 Å². The number of hydrogen-bond donors (Lipinski definition) is 0. The molecule has 0 aromatic rings. The summed E-state index contributed by atoms with van der Waals surface area (Å²) in [7, 11) is 0. The molecule has 0 bridgehead atoms. The Morgan fingerprint density at radius 3 is 2.12 bits per heavy atom. The number of carbonyl (C=O) groups excluding carboxylic acids is 1. The summed E-state index contributed by atoms with van der Waals surface area (Å²) in [6.07, 6.45) is 11.7. The van der Waals surface area contributed by atoms with Crippen LogP contribution in [-0.2, 0) is 9.53 Å². The summed E-state index contributed by atoms with van der Waals surface area (Å²) in [4.78, 5) is 11.1. The van der Waals surface area contributed by atoms with Gasteiger partial charge in [-0.25, -0.2) is 0 Å². The van der Waals surface area contributed by atoms with Crippen molar-refractivity contribution in [3.63, 3.8) is 0 Å². The van der Waals surface area contributed by atoms with Crippen LogP contribution in [0.3, 0.4) is 0 Å². The SMILES string of the molecule is C=C(CCC=C(C)C)CC[C@@H](COC(C)=O)/C(C)=C/CC=C(C)C. The lowest BCUT2D eigenvalue weighted by Crippen LogP contribution is -2.14. The third-order valence-corrected chi connectivity index (χ3v) is 3.99. The zero-order valence-corrected chi connectivity index (χ0v) is 16.6. The van der Waals surface area contributed by atoms with Crippen molar-refractivity contribution in [2.75, 3.05) is 6.61 Å². The molecule has 0 aromatic heterocycles. The van der Waals surface area contributed by atoms with E-state index in [1.807, 2.05) is 0 Å². The van der Waals surface area contributed by atoms with Gasteiger partial charge >= 0.3 is 5.97 Å². The van der Waals surface area contributed by atoms with E-state index in [9.17, 15) is 4.79 Å². The van der Waals surface area contributed by atoms with E-state index in [2.05, 4.69) is 59.4 Å². The van der Waals surface area contributed by atoms with E-state index in [1.54, 1.807) is 0 Å². The summed E-state index contributed by atoms with van der Waals surface area (Å²) in [6, 6.07) is 0. The van der Waals surface area contributed by atoms with E-state index < -0.39 is 0 Å². The molecule has 24 heavy (non-hydrogen) atoms. The molecule has 0 aliphatic rings. The second-order valence-corrected chi connectivity index (χ2v) is 7.07. The van der Waals surface area contributed by atoms with Crippen molar-refractivity contribution in [3.05, 3.63) is 47.1 Å². The Labute approximate surface area is 149 Å². The van der Waals surface area contributed by atoms with Crippen LogP contribution in [0.25, 0.3) is 0 Å². The van der Waals surface area contributed by atoms with Crippen molar-refractivity contribution in [1.29, 1.82) is 0 Å². The van der Waals surface area contributed by atoms with Crippen LogP contribution in [-0.4, -0.2) is 12.6 Å². The van der Waals surface area contributed by atoms with Gasteiger partial charge in [0.2, 0.25) is 0 Å². The van der Waals surface area contributed by atoms with Gasteiger partial charge in [0.05, 0.1) is 6.61 Å². The minimum absolute atomic E-state index is 0.209. The minimum Gasteiger partial charge on any atom is -0.465 e. The number of allylic oxidation sites excluding steroid dienone is 6. The molecule has 136 valence electrons. The predicted molar refractivity (Wildman–Crippen MR) is 105 cm³/mol. The Hall–Kier alpha value is -1.57. The van der Waals surface area contributed by atoms with Gasteiger partial charge < -0.3 is 4.74 Å². The van der Waals surface area contributed by atoms with Crippen molar-refractivity contribution in [3.8, 4) is 0 Å². The summed E-state index contributed by atoms with van der Waals surface area (Å²) in [5.41, 5.74) is 5.25. The lowest BCUT2D eigenvalue weighted by Gasteiger charge is -2.18. The molecule has 0 amide bonds. The Morgan fingerprint density at radius 1 is 0.958 bits per heavy atom. The monoisotopic (exact) mass is 332 g/mol. The number of ether oxygens (including phenoxy) is 1. The van der Waals surface area contributed by atoms with Gasteiger partial charge in [-0.1, -0.05) is 47.1 Å². The summed E-state index contributed by atoms with van der Waals surface area (Å²) in [5, 5.41) is 0. The second-order valence-electron chi connectivity index (χ2n) is 7.07. The molecule has 0 spiro atoms. The Balaban J connectivity index is 4.59. The molecule has 0 saturated heterocycles. The molecule has 0 aromatic carbocycles. The molecule has 0 radical (unpaired) electrons. The maximum absolute atomic E-state index is 11.1. The highest BCUT2D eigenvalue weighted by molar-refractivity contribution is 5.65. The molecule has 0 unspecified atom stereocenters. The van der Waals surface area contributed by atoms with Crippen molar-refractivity contribution < 1.29 is 9.53 Å². The van der Waals surface area contributed by atoms with Gasteiger partial charge in [-0.2, -0.15) is 0 Å². The maximum Gasteiger partial charge on any atom is 0.302 e. The predicted octanol–water partition coefficient (Wildman–Crippen LogP) is 6.55. The number of hydrogen-bond acceptors (Lipinski definition) is 2. The molecule has 0 aliphatic heterocycles. The van der Waals surface area contributed by atoms with Crippen LogP contribution >= 0.6 is 0 Å². The fourth-order valence-corrected chi connectivity index (χ4v) is 2.38. The average Bonchev–Trinajstić information content (AvgIpc) is 2.45. The summed E-state index contributed by atoms with van der Waals surface area (Å²) in [6.45, 7) is 16.7. The zero-order valence-electron chi connectivity index (χ0n) is 16.6. The van der Waals surface area contributed by atoms with Gasteiger partial charge in [-0.15, -0.1) is 0 Å². The molecule has 0 N–H and O–H groups in total. The molecule has 0 rings (SSSR count). The van der Waals surface area contributed by atoms with Gasteiger partial charge in [-0.05, 0) is 66.7 Å². The van der Waals surface area contributed by atoms with E-state index in [1.165, 1.54) is 29.2 Å². The van der Waals surface area contributed by atoms with Crippen LogP contribution in [0.2, 0.25) is 0 Å². The van der Waals surface area contributed by atoms with Crippen molar-refractivity contribution in [2.24, 2.45) is 5.92 Å². The Morgan fingerprint density at radius 2 is 1.58 bits per heavy atom. The van der Waals surface area contributed by atoms with E-state index >= 15 is 0 Å². The van der Waals surface area contributed by atoms with E-state index in [0.29, 0.717) is 6.61 Å². The first kappa shape index (κ1) is 22.4. The first-order chi connectivity index (χ1) is 11.2. The smallest absolute Gasteiger partial charge is 0.302 e. The third kappa shape index (κ3) is 12.9. The first-order valence-corrected chi connectivity index (χ1v) is 8.95. The summed E-state index contributed by atoms with van der Waals surface area (Å²) < 4.78 is 5.26. The number of carbonyl (C=O) groups is 1. The highest BCUT2D eigenvalue weighted by Gasteiger charge is 2.13. The minimum atomic E-state index is -0.209. The lowest BCUT2D eigenvalue weighted by molar-refractivity contribution is -0.142. The summed E-state index contributed by atoms with van der Waals surface area (Å²) in [5.74, 6) is 0.0687. The fraction of sp³-hybridized carbons (Fsp3) is 0.591. The van der Waals surface area contributed by atoms with Gasteiger partial charge in [0, 0.05) is 12.8 Å². The molecular weight excluding hydrogens is 296 g/mol. The quantitative estimate of drug-likeness (QED) is 0.317. The lowest BCUT2D eigenvalue weighted by atomic mass is 9.92. The van der Waals surface area contributed by atoms with Crippen molar-refractivity contribution >= 4 is 5.97 Å². The molecule has 2 heteroatoms. The molecular formula is C22H36O2. The van der Waals surface area contributed by atoms with Crippen molar-refractivity contribution in [2.45, 2.75) is 73.6 Å². The van der Waals surface area contributed by atoms with Crippen LogP contribution in [0, 0.1) is 5.92 Å². The van der Waals surface area contributed by atoms with Crippen LogP contribution in [0.4, 0.5) is 0 Å². The second kappa shape index (κ2) is 12.8. The average molecular weight is 333 g/mol. The molecule has 0 fully saturated rings. The summed E-state index contributed by atoms with van der Waals surface area (Å²) >= 11 is 0. The van der Waals surface area contributed by atoms with Gasteiger partial charge in [-0.3, -0.25) is 4.79 Å². The number of rotatable bonds is 11. The fourth-order valence-electron chi connectivity index (χ4n) is 2.38. The standard InChI is InChI=1S/C22H36O2/c1-17(2)10-8-12-19(5)14-15-22(16-24-21(7)23)20(6)13-9-11-18(3)4/h10-11,13,22H,5,8-9,12,14-16H2,1-4,6-7H3/b20-13+/t22-/m0/s1. The van der Waals surface area contributed by atoms with Gasteiger partial charge in [0.1, 0.15) is 0 Å². The highest BCUT2D eigenvalue weighted by atomic mass is 16.5. The highest BCUT2D eigenvalue weighted by Crippen LogP contribution is 2.22. The van der Waals surface area contributed by atoms with E-state index in [0.717, 1.165) is 32.1 Å². The Bertz CT molecular complexity index is 484. The molecule has 1 atom stereocenters. The van der Waals surface area contributed by atoms with Gasteiger partial charge in [0.25, 0.3) is 0 Å². The van der Waals surface area contributed by atoms with E-state index in [-0.39, 0.29) is 11.9 Å². The van der Waals surface area contributed by atoms with Crippen LogP contribution in [0.15, 0.2) is 47.1 Å². The maximum atomic E-state index is 11.1. The number of esters is 1. The third-order valence-electron chi connectivity index (χ3n) is 3.99. The van der Waals surface area contributed by atoms with Crippen LogP contribution in [0.1, 0.15) is 73.6 Å². The largest absolute Gasteiger partial charge is 0.465 e.